The van der Waals surface area contributed by atoms with Crippen molar-refractivity contribution < 1.29 is 13.2 Å². The number of nitrogens with zero attached hydrogens (tertiary/aromatic N) is 2. The van der Waals surface area contributed by atoms with E-state index in [9.17, 15) is 13.2 Å². The largest absolute Gasteiger partial charge is 0.334 e. The fourth-order valence-corrected chi connectivity index (χ4v) is 4.46. The molecule has 1 aromatic carbocycles. The van der Waals surface area contributed by atoms with Gasteiger partial charge in [0.25, 0.3) is 5.91 Å². The highest BCUT2D eigenvalue weighted by molar-refractivity contribution is 7.92. The molecule has 1 fully saturated rings. The first kappa shape index (κ1) is 15.0. The van der Waals surface area contributed by atoms with E-state index in [1.54, 1.807) is 31.0 Å². The third kappa shape index (κ3) is 2.37. The molecule has 2 atom stereocenters. The second kappa shape index (κ2) is 5.35. The van der Waals surface area contributed by atoms with Gasteiger partial charge in [-0.3, -0.25) is 9.78 Å². The molecule has 1 aliphatic heterocycles. The van der Waals surface area contributed by atoms with Crippen LogP contribution in [0.5, 0.6) is 0 Å². The molecule has 2 aromatic rings. The standard InChI is InChI=1S/C16H18N2O3S/c1-11-12(2)22(20,21)10-9-18(11)16(19)14-7-8-17-15-6-4-3-5-13(14)15/h3-8,11-12H,9-10H2,1-2H3. The Labute approximate surface area is 129 Å². The van der Waals surface area contributed by atoms with Gasteiger partial charge in [0.15, 0.2) is 9.84 Å². The molecule has 1 aromatic heterocycles. The number of fused-ring (bicyclic) bond motifs is 1. The molecule has 0 spiro atoms. The van der Waals surface area contributed by atoms with Gasteiger partial charge in [-0.15, -0.1) is 0 Å². The van der Waals surface area contributed by atoms with E-state index >= 15 is 0 Å². The lowest BCUT2D eigenvalue weighted by atomic mass is 10.1. The van der Waals surface area contributed by atoms with E-state index in [0.717, 1.165) is 10.9 Å². The summed E-state index contributed by atoms with van der Waals surface area (Å²) in [6.45, 7) is 3.70. The van der Waals surface area contributed by atoms with Crippen molar-refractivity contribution >= 4 is 26.6 Å². The van der Waals surface area contributed by atoms with Gasteiger partial charge in [0, 0.05) is 24.2 Å². The van der Waals surface area contributed by atoms with Crippen LogP contribution in [0.3, 0.4) is 0 Å². The molecule has 116 valence electrons. The lowest BCUT2D eigenvalue weighted by Gasteiger charge is -2.37. The summed E-state index contributed by atoms with van der Waals surface area (Å²) in [5, 5.41) is 0.251. The maximum atomic E-state index is 12.9. The smallest absolute Gasteiger partial charge is 0.254 e. The number of benzene rings is 1. The molecule has 2 heterocycles. The summed E-state index contributed by atoms with van der Waals surface area (Å²) in [5.41, 5.74) is 1.34. The topological polar surface area (TPSA) is 67.3 Å². The SMILES string of the molecule is CC1C(C)S(=O)(=O)CCN1C(=O)c1ccnc2ccccc12. The minimum Gasteiger partial charge on any atom is -0.334 e. The maximum absolute atomic E-state index is 12.9. The average molecular weight is 318 g/mol. The van der Waals surface area contributed by atoms with Gasteiger partial charge in [0.1, 0.15) is 0 Å². The van der Waals surface area contributed by atoms with Crippen LogP contribution >= 0.6 is 0 Å². The van der Waals surface area contributed by atoms with E-state index in [4.69, 9.17) is 0 Å². The number of carbonyl (C=O) groups is 1. The van der Waals surface area contributed by atoms with E-state index in [1.165, 1.54) is 0 Å². The van der Waals surface area contributed by atoms with E-state index in [1.807, 2.05) is 24.3 Å². The van der Waals surface area contributed by atoms with Gasteiger partial charge >= 0.3 is 0 Å². The zero-order chi connectivity index (χ0) is 15.9. The van der Waals surface area contributed by atoms with Crippen molar-refractivity contribution in [3.05, 3.63) is 42.1 Å². The number of hydrogen-bond donors (Lipinski definition) is 0. The van der Waals surface area contributed by atoms with Crippen molar-refractivity contribution in [3.63, 3.8) is 0 Å². The number of carbonyl (C=O) groups excluding carboxylic acids is 1. The summed E-state index contributed by atoms with van der Waals surface area (Å²) >= 11 is 0. The summed E-state index contributed by atoms with van der Waals surface area (Å²) in [6, 6.07) is 8.84. The Kier molecular flexibility index (Phi) is 3.64. The Morgan fingerprint density at radius 2 is 1.95 bits per heavy atom. The Morgan fingerprint density at radius 3 is 2.73 bits per heavy atom. The van der Waals surface area contributed by atoms with Crippen LogP contribution in [-0.2, 0) is 9.84 Å². The number of amides is 1. The van der Waals surface area contributed by atoms with E-state index in [-0.39, 0.29) is 24.2 Å². The summed E-state index contributed by atoms with van der Waals surface area (Å²) in [4.78, 5) is 18.8. The van der Waals surface area contributed by atoms with Crippen molar-refractivity contribution in [2.45, 2.75) is 25.1 Å². The number of para-hydroxylation sites is 1. The van der Waals surface area contributed by atoms with Gasteiger partial charge in [-0.25, -0.2) is 8.42 Å². The second-order valence-corrected chi connectivity index (χ2v) is 8.16. The number of sulfone groups is 1. The molecular weight excluding hydrogens is 300 g/mol. The summed E-state index contributed by atoms with van der Waals surface area (Å²) in [5.74, 6) is -0.111. The van der Waals surface area contributed by atoms with Gasteiger partial charge in [-0.05, 0) is 26.0 Å². The average Bonchev–Trinajstić information content (AvgIpc) is 2.52. The molecule has 1 aliphatic rings. The van der Waals surface area contributed by atoms with E-state index in [0.29, 0.717) is 5.56 Å². The minimum absolute atomic E-state index is 0.0211. The fraction of sp³-hybridized carbons (Fsp3) is 0.375. The first-order valence-electron chi connectivity index (χ1n) is 7.28. The Hall–Kier alpha value is -1.95. The van der Waals surface area contributed by atoms with Crippen LogP contribution in [0.1, 0.15) is 24.2 Å². The van der Waals surface area contributed by atoms with Crippen LogP contribution < -0.4 is 0 Å². The predicted molar refractivity (Wildman–Crippen MR) is 85.5 cm³/mol. The predicted octanol–water partition coefficient (Wildman–Crippen LogP) is 1.88. The highest BCUT2D eigenvalue weighted by atomic mass is 32.2. The van der Waals surface area contributed by atoms with E-state index in [2.05, 4.69) is 4.98 Å². The minimum atomic E-state index is -3.11. The van der Waals surface area contributed by atoms with E-state index < -0.39 is 15.1 Å². The van der Waals surface area contributed by atoms with Crippen LogP contribution in [0.4, 0.5) is 0 Å². The summed E-state index contributed by atoms with van der Waals surface area (Å²) < 4.78 is 23.9. The molecular formula is C16H18N2O3S. The molecule has 0 saturated carbocycles. The third-order valence-corrected chi connectivity index (χ3v) is 6.77. The zero-order valence-corrected chi connectivity index (χ0v) is 13.4. The summed E-state index contributed by atoms with van der Waals surface area (Å²) in [7, 11) is -3.11. The normalized spacial score (nSPS) is 24.4. The Morgan fingerprint density at radius 1 is 1.23 bits per heavy atom. The molecule has 0 bridgehead atoms. The monoisotopic (exact) mass is 318 g/mol. The third-order valence-electron chi connectivity index (χ3n) is 4.49. The van der Waals surface area contributed by atoms with Gasteiger partial charge in [-0.2, -0.15) is 0 Å². The Bertz CT molecular complexity index is 827. The fourth-order valence-electron chi connectivity index (χ4n) is 2.89. The lowest BCUT2D eigenvalue weighted by Crippen LogP contribution is -2.54. The molecule has 5 nitrogen and oxygen atoms in total. The lowest BCUT2D eigenvalue weighted by molar-refractivity contribution is 0.0695. The highest BCUT2D eigenvalue weighted by Gasteiger charge is 2.38. The number of aromatic nitrogens is 1. The molecule has 3 rings (SSSR count). The van der Waals surface area contributed by atoms with Crippen molar-refractivity contribution in [1.29, 1.82) is 0 Å². The molecule has 1 saturated heterocycles. The van der Waals surface area contributed by atoms with Gasteiger partial charge in [0.05, 0.1) is 22.1 Å². The van der Waals surface area contributed by atoms with Crippen LogP contribution in [0.15, 0.2) is 36.5 Å². The number of rotatable bonds is 1. The molecule has 6 heteroatoms. The van der Waals surface area contributed by atoms with Gasteiger partial charge in [0.2, 0.25) is 0 Å². The van der Waals surface area contributed by atoms with Crippen LogP contribution in [0, 0.1) is 0 Å². The molecule has 1 amide bonds. The number of hydrogen-bond acceptors (Lipinski definition) is 4. The highest BCUT2D eigenvalue weighted by Crippen LogP contribution is 2.24. The molecule has 0 aliphatic carbocycles. The first-order chi connectivity index (χ1) is 10.4. The quantitative estimate of drug-likeness (QED) is 0.805. The number of pyridine rings is 1. The van der Waals surface area contributed by atoms with Crippen molar-refractivity contribution in [3.8, 4) is 0 Å². The van der Waals surface area contributed by atoms with Crippen molar-refractivity contribution in [2.24, 2.45) is 0 Å². The van der Waals surface area contributed by atoms with Crippen molar-refractivity contribution in [1.82, 2.24) is 9.88 Å². The van der Waals surface area contributed by atoms with Crippen molar-refractivity contribution in [2.75, 3.05) is 12.3 Å². The summed E-state index contributed by atoms with van der Waals surface area (Å²) in [6.07, 6.45) is 1.62. The molecule has 0 radical (unpaired) electrons. The van der Waals surface area contributed by atoms with Gasteiger partial charge in [-0.1, -0.05) is 18.2 Å². The Balaban J connectivity index is 2.00. The second-order valence-electron chi connectivity index (χ2n) is 5.69. The van der Waals surface area contributed by atoms with Gasteiger partial charge < -0.3 is 4.90 Å². The molecule has 0 N–H and O–H groups in total. The van der Waals surface area contributed by atoms with Crippen LogP contribution in [-0.4, -0.2) is 47.8 Å². The first-order valence-corrected chi connectivity index (χ1v) is 8.99. The maximum Gasteiger partial charge on any atom is 0.254 e. The van der Waals surface area contributed by atoms with Crippen LogP contribution in [0.25, 0.3) is 10.9 Å². The molecule has 22 heavy (non-hydrogen) atoms. The van der Waals surface area contributed by atoms with Crippen LogP contribution in [0.2, 0.25) is 0 Å². The zero-order valence-electron chi connectivity index (χ0n) is 12.6. The molecule has 2 unspecified atom stereocenters.